The highest BCUT2D eigenvalue weighted by molar-refractivity contribution is 5.90. The van der Waals surface area contributed by atoms with Gasteiger partial charge in [-0.25, -0.2) is 0 Å². The van der Waals surface area contributed by atoms with Crippen molar-refractivity contribution >= 4 is 16.6 Å². The quantitative estimate of drug-likeness (QED) is 0.864. The second-order valence-electron chi connectivity index (χ2n) is 5.58. The van der Waals surface area contributed by atoms with E-state index in [1.807, 2.05) is 6.20 Å². The van der Waals surface area contributed by atoms with E-state index in [-0.39, 0.29) is 0 Å². The number of para-hydroxylation sites is 1. The summed E-state index contributed by atoms with van der Waals surface area (Å²) < 4.78 is 0. The number of hydrogen-bond donors (Lipinski definition) is 1. The van der Waals surface area contributed by atoms with Crippen LogP contribution in [-0.4, -0.2) is 11.0 Å². The van der Waals surface area contributed by atoms with Gasteiger partial charge < -0.3 is 5.32 Å². The summed E-state index contributed by atoms with van der Waals surface area (Å²) >= 11 is 0. The van der Waals surface area contributed by atoms with E-state index in [1.54, 1.807) is 0 Å². The summed E-state index contributed by atoms with van der Waals surface area (Å²) in [5.41, 5.74) is 2.33. The van der Waals surface area contributed by atoms with Crippen LogP contribution in [-0.2, 0) is 0 Å². The zero-order chi connectivity index (χ0) is 13.1. The summed E-state index contributed by atoms with van der Waals surface area (Å²) in [6.07, 6.45) is 8.62. The molecule has 1 heterocycles. The predicted octanol–water partition coefficient (Wildman–Crippen LogP) is 4.62. The van der Waals surface area contributed by atoms with Gasteiger partial charge in [0.05, 0.1) is 5.52 Å². The third kappa shape index (κ3) is 2.58. The van der Waals surface area contributed by atoms with Crippen molar-refractivity contribution in [2.75, 3.05) is 5.32 Å². The zero-order valence-electron chi connectivity index (χ0n) is 11.6. The predicted molar refractivity (Wildman–Crippen MR) is 81.4 cm³/mol. The Morgan fingerprint density at radius 2 is 2.00 bits per heavy atom. The van der Waals surface area contributed by atoms with E-state index in [4.69, 9.17) is 0 Å². The van der Waals surface area contributed by atoms with Crippen LogP contribution in [0.3, 0.4) is 0 Å². The molecular weight excluding hydrogens is 232 g/mol. The molecular formula is C17H22N2. The van der Waals surface area contributed by atoms with Crippen LogP contribution in [0, 0.1) is 5.92 Å². The molecule has 100 valence electrons. The summed E-state index contributed by atoms with van der Waals surface area (Å²) in [6.45, 7) is 2.31. The highest BCUT2D eigenvalue weighted by Gasteiger charge is 2.23. The van der Waals surface area contributed by atoms with Crippen LogP contribution in [0.25, 0.3) is 10.9 Å². The molecule has 0 bridgehead atoms. The number of fused-ring (bicyclic) bond motifs is 1. The second kappa shape index (κ2) is 5.60. The van der Waals surface area contributed by atoms with Crippen LogP contribution in [0.2, 0.25) is 0 Å². The van der Waals surface area contributed by atoms with Crippen molar-refractivity contribution < 1.29 is 0 Å². The number of pyridine rings is 1. The van der Waals surface area contributed by atoms with Gasteiger partial charge in [-0.1, -0.05) is 44.4 Å². The van der Waals surface area contributed by atoms with E-state index >= 15 is 0 Å². The van der Waals surface area contributed by atoms with Crippen molar-refractivity contribution in [3.05, 3.63) is 36.5 Å². The molecule has 1 saturated carbocycles. The average Bonchev–Trinajstić information content (AvgIpc) is 2.48. The summed E-state index contributed by atoms with van der Waals surface area (Å²) in [5.74, 6) is 0.820. The van der Waals surface area contributed by atoms with Crippen molar-refractivity contribution in [2.45, 2.75) is 45.1 Å². The first-order valence-corrected chi connectivity index (χ1v) is 7.49. The molecule has 1 aromatic heterocycles. The van der Waals surface area contributed by atoms with Gasteiger partial charge >= 0.3 is 0 Å². The van der Waals surface area contributed by atoms with Gasteiger partial charge in [0.1, 0.15) is 0 Å². The summed E-state index contributed by atoms with van der Waals surface area (Å²) in [6, 6.07) is 11.1. The summed E-state index contributed by atoms with van der Waals surface area (Å²) in [5, 5.41) is 5.03. The number of aromatic nitrogens is 1. The Hall–Kier alpha value is -1.57. The first-order valence-electron chi connectivity index (χ1n) is 7.49. The largest absolute Gasteiger partial charge is 0.381 e. The van der Waals surface area contributed by atoms with E-state index in [2.05, 4.69) is 47.6 Å². The number of benzene rings is 1. The van der Waals surface area contributed by atoms with E-state index in [1.165, 1.54) is 43.2 Å². The lowest BCUT2D eigenvalue weighted by atomic mass is 9.82. The molecule has 1 aromatic carbocycles. The molecule has 19 heavy (non-hydrogen) atoms. The molecule has 3 rings (SSSR count). The van der Waals surface area contributed by atoms with Crippen LogP contribution in [0.1, 0.15) is 39.0 Å². The normalized spacial score (nSPS) is 23.4. The molecule has 1 aliphatic carbocycles. The first-order chi connectivity index (χ1) is 9.38. The molecule has 0 radical (unpaired) electrons. The minimum atomic E-state index is 0.629. The fraction of sp³-hybridized carbons (Fsp3) is 0.471. The van der Waals surface area contributed by atoms with Crippen molar-refractivity contribution in [1.29, 1.82) is 0 Å². The Kier molecular flexibility index (Phi) is 3.67. The second-order valence-corrected chi connectivity index (χ2v) is 5.58. The Morgan fingerprint density at radius 1 is 1.16 bits per heavy atom. The Morgan fingerprint density at radius 3 is 2.89 bits per heavy atom. The van der Waals surface area contributed by atoms with Crippen molar-refractivity contribution in [3.8, 4) is 0 Å². The third-order valence-corrected chi connectivity index (χ3v) is 4.42. The molecule has 2 atom stereocenters. The lowest BCUT2D eigenvalue weighted by molar-refractivity contribution is 0.317. The fourth-order valence-electron chi connectivity index (χ4n) is 3.31. The van der Waals surface area contributed by atoms with Crippen molar-refractivity contribution in [2.24, 2.45) is 5.92 Å². The number of rotatable bonds is 3. The van der Waals surface area contributed by atoms with Gasteiger partial charge in [-0.3, -0.25) is 4.98 Å². The van der Waals surface area contributed by atoms with Crippen LogP contribution in [0.15, 0.2) is 36.5 Å². The number of nitrogens with one attached hydrogen (secondary N) is 1. The maximum absolute atomic E-state index is 4.43. The lowest BCUT2D eigenvalue weighted by Crippen LogP contribution is -2.31. The standard InChI is InChI=1S/C17H22N2/c1-2-13-7-3-5-9-15(13)19-17-11-12-18-16-10-6-4-8-14(16)17/h4,6,8,10-13,15H,2-3,5,7,9H2,1H3,(H,18,19). The van der Waals surface area contributed by atoms with Gasteiger partial charge in [0.25, 0.3) is 0 Å². The number of nitrogens with zero attached hydrogens (tertiary/aromatic N) is 1. The molecule has 2 heteroatoms. The highest BCUT2D eigenvalue weighted by atomic mass is 14.9. The molecule has 0 aliphatic heterocycles. The lowest BCUT2D eigenvalue weighted by Gasteiger charge is -2.32. The van der Waals surface area contributed by atoms with Crippen LogP contribution >= 0.6 is 0 Å². The van der Waals surface area contributed by atoms with Gasteiger partial charge in [-0.2, -0.15) is 0 Å². The van der Waals surface area contributed by atoms with Gasteiger partial charge in [-0.15, -0.1) is 0 Å². The molecule has 0 saturated heterocycles. The van der Waals surface area contributed by atoms with Gasteiger partial charge in [0.15, 0.2) is 0 Å². The molecule has 1 fully saturated rings. The fourth-order valence-corrected chi connectivity index (χ4v) is 3.31. The monoisotopic (exact) mass is 254 g/mol. The van der Waals surface area contributed by atoms with Gasteiger partial charge in [-0.05, 0) is 30.9 Å². The SMILES string of the molecule is CCC1CCCCC1Nc1ccnc2ccccc12. The smallest absolute Gasteiger partial charge is 0.0722 e. The number of hydrogen-bond acceptors (Lipinski definition) is 2. The Labute approximate surface area is 115 Å². The van der Waals surface area contributed by atoms with Gasteiger partial charge in [0, 0.05) is 23.3 Å². The maximum Gasteiger partial charge on any atom is 0.0722 e. The molecule has 1 aliphatic rings. The van der Waals surface area contributed by atoms with Crippen molar-refractivity contribution in [3.63, 3.8) is 0 Å². The molecule has 0 spiro atoms. The van der Waals surface area contributed by atoms with E-state index in [0.29, 0.717) is 6.04 Å². The topological polar surface area (TPSA) is 24.9 Å². The van der Waals surface area contributed by atoms with Crippen LogP contribution < -0.4 is 5.32 Å². The summed E-state index contributed by atoms with van der Waals surface area (Å²) in [4.78, 5) is 4.43. The molecule has 2 aromatic rings. The highest BCUT2D eigenvalue weighted by Crippen LogP contribution is 2.31. The molecule has 1 N–H and O–H groups in total. The Balaban J connectivity index is 1.88. The summed E-state index contributed by atoms with van der Waals surface area (Å²) in [7, 11) is 0. The van der Waals surface area contributed by atoms with E-state index < -0.39 is 0 Å². The van der Waals surface area contributed by atoms with E-state index in [0.717, 1.165) is 11.4 Å². The third-order valence-electron chi connectivity index (χ3n) is 4.42. The minimum absolute atomic E-state index is 0.629. The Bertz CT molecular complexity index is 544. The van der Waals surface area contributed by atoms with E-state index in [9.17, 15) is 0 Å². The van der Waals surface area contributed by atoms with Crippen LogP contribution in [0.5, 0.6) is 0 Å². The minimum Gasteiger partial charge on any atom is -0.381 e. The number of anilines is 1. The van der Waals surface area contributed by atoms with Gasteiger partial charge in [0.2, 0.25) is 0 Å². The van der Waals surface area contributed by atoms with Crippen LogP contribution in [0.4, 0.5) is 5.69 Å². The van der Waals surface area contributed by atoms with Crippen molar-refractivity contribution in [1.82, 2.24) is 4.98 Å². The first kappa shape index (κ1) is 12.5. The molecule has 2 unspecified atom stereocenters. The molecule has 2 nitrogen and oxygen atoms in total. The zero-order valence-corrected chi connectivity index (χ0v) is 11.6. The average molecular weight is 254 g/mol. The maximum atomic E-state index is 4.43. The molecule has 0 amide bonds.